The number of carbonyl (C=O) groups excluding carboxylic acids is 1. The molecule has 0 radical (unpaired) electrons. The molecular formula is C21H19ClN6O2S. The van der Waals surface area contributed by atoms with Gasteiger partial charge in [0.25, 0.3) is 11.5 Å². The Balaban J connectivity index is 1.56. The number of amides is 1. The van der Waals surface area contributed by atoms with Crippen LogP contribution in [0.25, 0.3) is 15.9 Å². The molecule has 1 N–H and O–H groups in total. The zero-order valence-corrected chi connectivity index (χ0v) is 18.3. The van der Waals surface area contributed by atoms with E-state index >= 15 is 0 Å². The van der Waals surface area contributed by atoms with Gasteiger partial charge in [0.05, 0.1) is 21.6 Å². The van der Waals surface area contributed by atoms with Crippen LogP contribution in [0.4, 0.5) is 5.69 Å². The molecule has 5 rings (SSSR count). The number of hydrogen-bond acceptors (Lipinski definition) is 6. The first-order valence-corrected chi connectivity index (χ1v) is 11.2. The fourth-order valence-electron chi connectivity index (χ4n) is 3.95. The lowest BCUT2D eigenvalue weighted by molar-refractivity contribution is 0.103. The maximum Gasteiger partial charge on any atom is 0.266 e. The second kappa shape index (κ2) is 7.90. The number of aromatic nitrogens is 5. The van der Waals surface area contributed by atoms with Gasteiger partial charge in [-0.2, -0.15) is 5.10 Å². The first kappa shape index (κ1) is 19.9. The zero-order valence-electron chi connectivity index (χ0n) is 16.8. The van der Waals surface area contributed by atoms with E-state index in [-0.39, 0.29) is 11.5 Å². The molecule has 3 aromatic heterocycles. The van der Waals surface area contributed by atoms with Crippen molar-refractivity contribution < 1.29 is 4.79 Å². The van der Waals surface area contributed by atoms with Crippen LogP contribution in [0.3, 0.4) is 0 Å². The van der Waals surface area contributed by atoms with Crippen LogP contribution in [0.15, 0.2) is 35.6 Å². The van der Waals surface area contributed by atoms with Crippen LogP contribution in [0.1, 0.15) is 40.3 Å². The van der Waals surface area contributed by atoms with E-state index in [9.17, 15) is 9.59 Å². The average molecular weight is 455 g/mol. The number of nitrogens with zero attached hydrogens (tertiary/aromatic N) is 5. The number of anilines is 1. The van der Waals surface area contributed by atoms with Gasteiger partial charge in [0, 0.05) is 18.0 Å². The number of benzene rings is 1. The molecule has 1 aliphatic heterocycles. The average Bonchev–Trinajstić information content (AvgIpc) is 3.31. The predicted octanol–water partition coefficient (Wildman–Crippen LogP) is 3.98. The number of nitrogens with one attached hydrogen (secondary N) is 1. The zero-order chi connectivity index (χ0) is 21.5. The largest absolute Gasteiger partial charge is 0.319 e. The van der Waals surface area contributed by atoms with Gasteiger partial charge in [0.1, 0.15) is 23.3 Å². The summed E-state index contributed by atoms with van der Waals surface area (Å²) in [4.78, 5) is 36.1. The van der Waals surface area contributed by atoms with Crippen LogP contribution < -0.4 is 10.9 Å². The standard InChI is InChI=1S/C21H19ClN6O2S/c1-12-17-20(26-16-5-3-2-4-8-27(16)21(17)30)31-18(12)19(29)25-14-9-13(22)6-7-15(14)28-11-23-10-24-28/h6-7,9-11H,2-5,8H2,1H3,(H,25,29). The highest BCUT2D eigenvalue weighted by atomic mass is 35.5. The van der Waals surface area contributed by atoms with Crippen molar-refractivity contribution >= 4 is 44.7 Å². The summed E-state index contributed by atoms with van der Waals surface area (Å²) in [5.41, 5.74) is 1.74. The molecule has 0 bridgehead atoms. The van der Waals surface area contributed by atoms with Crippen LogP contribution in [0.5, 0.6) is 0 Å². The molecule has 4 heterocycles. The number of aryl methyl sites for hydroxylation is 2. The summed E-state index contributed by atoms with van der Waals surface area (Å²) in [5, 5.41) is 8.06. The van der Waals surface area contributed by atoms with Gasteiger partial charge >= 0.3 is 0 Å². The first-order valence-electron chi connectivity index (χ1n) is 10.0. The van der Waals surface area contributed by atoms with Crippen molar-refractivity contribution in [3.8, 4) is 5.69 Å². The third kappa shape index (κ3) is 3.53. The molecule has 0 spiro atoms. The molecule has 8 nitrogen and oxygen atoms in total. The van der Waals surface area contributed by atoms with Gasteiger partial charge in [-0.05, 0) is 43.5 Å². The quantitative estimate of drug-likeness (QED) is 0.505. The van der Waals surface area contributed by atoms with Crippen molar-refractivity contribution in [3.05, 3.63) is 62.5 Å². The third-order valence-electron chi connectivity index (χ3n) is 5.49. The molecule has 1 aliphatic rings. The van der Waals surface area contributed by atoms with E-state index in [0.717, 1.165) is 31.5 Å². The molecule has 0 unspecified atom stereocenters. The van der Waals surface area contributed by atoms with Gasteiger partial charge in [-0.25, -0.2) is 14.6 Å². The van der Waals surface area contributed by atoms with Crippen molar-refractivity contribution in [3.63, 3.8) is 0 Å². The first-order chi connectivity index (χ1) is 15.0. The monoisotopic (exact) mass is 454 g/mol. The summed E-state index contributed by atoms with van der Waals surface area (Å²) in [6.07, 6.45) is 6.83. The highest BCUT2D eigenvalue weighted by molar-refractivity contribution is 7.20. The van der Waals surface area contributed by atoms with E-state index in [4.69, 9.17) is 16.6 Å². The Morgan fingerprint density at radius 3 is 2.94 bits per heavy atom. The second-order valence-corrected chi connectivity index (χ2v) is 8.92. The van der Waals surface area contributed by atoms with Crippen LogP contribution in [-0.4, -0.2) is 30.2 Å². The van der Waals surface area contributed by atoms with Gasteiger partial charge in [-0.15, -0.1) is 11.3 Å². The molecule has 158 valence electrons. The fourth-order valence-corrected chi connectivity index (χ4v) is 5.20. The van der Waals surface area contributed by atoms with Crippen molar-refractivity contribution in [1.82, 2.24) is 24.3 Å². The van der Waals surface area contributed by atoms with Gasteiger partial charge in [-0.3, -0.25) is 14.2 Å². The maximum absolute atomic E-state index is 13.2. The topological polar surface area (TPSA) is 94.7 Å². The van der Waals surface area contributed by atoms with Crippen molar-refractivity contribution in [2.75, 3.05) is 5.32 Å². The lowest BCUT2D eigenvalue weighted by Crippen LogP contribution is -2.24. The Labute approximate surface area is 186 Å². The predicted molar refractivity (Wildman–Crippen MR) is 120 cm³/mol. The third-order valence-corrected chi connectivity index (χ3v) is 6.91. The van der Waals surface area contributed by atoms with Crippen LogP contribution in [0.2, 0.25) is 5.02 Å². The number of fused-ring (bicyclic) bond motifs is 2. The van der Waals surface area contributed by atoms with E-state index in [0.29, 0.717) is 43.6 Å². The van der Waals surface area contributed by atoms with Crippen molar-refractivity contribution in [1.29, 1.82) is 0 Å². The Morgan fingerprint density at radius 2 is 2.13 bits per heavy atom. The molecule has 4 aromatic rings. The highest BCUT2D eigenvalue weighted by Crippen LogP contribution is 2.30. The van der Waals surface area contributed by atoms with E-state index < -0.39 is 0 Å². The smallest absolute Gasteiger partial charge is 0.266 e. The summed E-state index contributed by atoms with van der Waals surface area (Å²) in [6, 6.07) is 5.14. The Hall–Kier alpha value is -3.04. The lowest BCUT2D eigenvalue weighted by atomic mass is 10.2. The van der Waals surface area contributed by atoms with Gasteiger partial charge < -0.3 is 5.32 Å². The van der Waals surface area contributed by atoms with E-state index in [1.54, 1.807) is 40.7 Å². The van der Waals surface area contributed by atoms with E-state index in [1.165, 1.54) is 17.7 Å². The molecule has 1 aromatic carbocycles. The SMILES string of the molecule is Cc1c(C(=O)Nc2cc(Cl)ccc2-n2cncn2)sc2nc3n(c(=O)c12)CCCCC3. The van der Waals surface area contributed by atoms with Gasteiger partial charge in [-0.1, -0.05) is 18.0 Å². The maximum atomic E-state index is 13.2. The number of halogens is 1. The minimum atomic E-state index is -0.316. The number of carbonyl (C=O) groups is 1. The summed E-state index contributed by atoms with van der Waals surface area (Å²) in [5.74, 6) is 0.496. The molecule has 0 atom stereocenters. The molecular weight excluding hydrogens is 436 g/mol. The summed E-state index contributed by atoms with van der Waals surface area (Å²) in [6.45, 7) is 2.48. The lowest BCUT2D eigenvalue weighted by Gasteiger charge is -2.11. The normalized spacial score (nSPS) is 13.7. The Morgan fingerprint density at radius 1 is 1.26 bits per heavy atom. The summed E-state index contributed by atoms with van der Waals surface area (Å²) in [7, 11) is 0. The second-order valence-electron chi connectivity index (χ2n) is 7.49. The van der Waals surface area contributed by atoms with Crippen molar-refractivity contribution in [2.24, 2.45) is 0 Å². The molecule has 0 aliphatic carbocycles. The summed E-state index contributed by atoms with van der Waals surface area (Å²) >= 11 is 7.41. The molecule has 0 saturated carbocycles. The van der Waals surface area contributed by atoms with Crippen molar-refractivity contribution in [2.45, 2.75) is 39.2 Å². The highest BCUT2D eigenvalue weighted by Gasteiger charge is 2.23. The van der Waals surface area contributed by atoms with E-state index in [1.807, 2.05) is 0 Å². The molecule has 31 heavy (non-hydrogen) atoms. The fraction of sp³-hybridized carbons (Fsp3) is 0.286. The van der Waals surface area contributed by atoms with E-state index in [2.05, 4.69) is 15.4 Å². The minimum Gasteiger partial charge on any atom is -0.319 e. The van der Waals surface area contributed by atoms with Crippen LogP contribution >= 0.6 is 22.9 Å². The molecule has 0 saturated heterocycles. The van der Waals surface area contributed by atoms with Crippen LogP contribution in [-0.2, 0) is 13.0 Å². The van der Waals surface area contributed by atoms with Gasteiger partial charge in [0.15, 0.2) is 0 Å². The Bertz CT molecular complexity index is 1360. The number of hydrogen-bond donors (Lipinski definition) is 1. The molecule has 10 heteroatoms. The number of thiophene rings is 1. The minimum absolute atomic E-state index is 0.0549. The van der Waals surface area contributed by atoms with Gasteiger partial charge in [0.2, 0.25) is 0 Å². The molecule has 1 amide bonds. The molecule has 0 fully saturated rings. The Kier molecular flexibility index (Phi) is 5.07. The summed E-state index contributed by atoms with van der Waals surface area (Å²) < 4.78 is 3.32. The van der Waals surface area contributed by atoms with Crippen LogP contribution in [0, 0.1) is 6.92 Å². The number of rotatable bonds is 3.